The molecule has 4 heteroatoms. The average molecular weight is 208 g/mol. The number of aromatic nitrogens is 3. The van der Waals surface area contributed by atoms with Crippen LogP contribution in [-0.2, 0) is 13.0 Å². The number of hydrogen-bond acceptors (Lipinski definition) is 3. The summed E-state index contributed by atoms with van der Waals surface area (Å²) in [4.78, 5) is 4.43. The molecule has 1 aromatic rings. The molecule has 0 amide bonds. The van der Waals surface area contributed by atoms with Crippen molar-refractivity contribution < 1.29 is 0 Å². The van der Waals surface area contributed by atoms with E-state index in [4.69, 9.17) is 0 Å². The van der Waals surface area contributed by atoms with E-state index in [0.29, 0.717) is 6.04 Å². The Kier molecular flexibility index (Phi) is 3.72. The summed E-state index contributed by atoms with van der Waals surface area (Å²) in [5, 5.41) is 10.7. The second-order valence-corrected chi connectivity index (χ2v) is 4.31. The molecule has 0 saturated heterocycles. The third-order valence-corrected chi connectivity index (χ3v) is 2.96. The molecule has 0 aliphatic heterocycles. The molecule has 1 heterocycles. The minimum Gasteiger partial charge on any atom is -0.307 e. The lowest BCUT2D eigenvalue weighted by molar-refractivity contribution is 0.514. The van der Waals surface area contributed by atoms with Gasteiger partial charge in [-0.05, 0) is 19.3 Å². The van der Waals surface area contributed by atoms with Gasteiger partial charge in [0.05, 0.1) is 6.54 Å². The first-order chi connectivity index (χ1) is 7.38. The highest BCUT2D eigenvalue weighted by Crippen LogP contribution is 2.17. The smallest absolute Gasteiger partial charge is 0.150 e. The summed E-state index contributed by atoms with van der Waals surface area (Å²) in [5.74, 6) is 1.92. The van der Waals surface area contributed by atoms with Crippen LogP contribution in [-0.4, -0.2) is 21.2 Å². The van der Waals surface area contributed by atoms with Crippen LogP contribution in [0.3, 0.4) is 0 Å². The molecule has 0 spiro atoms. The second kappa shape index (κ2) is 5.26. The van der Waals surface area contributed by atoms with E-state index in [9.17, 15) is 0 Å². The van der Waals surface area contributed by atoms with Crippen LogP contribution in [0.15, 0.2) is 0 Å². The predicted octanol–water partition coefficient (Wildman–Crippen LogP) is 1.79. The maximum atomic E-state index is 4.43. The van der Waals surface area contributed by atoms with Gasteiger partial charge in [0.1, 0.15) is 5.82 Å². The van der Waals surface area contributed by atoms with Gasteiger partial charge in [-0.1, -0.05) is 19.8 Å². The molecule has 84 valence electrons. The van der Waals surface area contributed by atoms with E-state index >= 15 is 0 Å². The van der Waals surface area contributed by atoms with E-state index in [2.05, 4.69) is 27.4 Å². The highest BCUT2D eigenvalue weighted by molar-refractivity contribution is 4.90. The SMILES string of the molecule is CCCc1n[nH]c(CNC2CCCC2)n1. The van der Waals surface area contributed by atoms with Crippen molar-refractivity contribution in [3.63, 3.8) is 0 Å². The Morgan fingerprint density at radius 3 is 2.93 bits per heavy atom. The van der Waals surface area contributed by atoms with Crippen molar-refractivity contribution in [1.29, 1.82) is 0 Å². The summed E-state index contributed by atoms with van der Waals surface area (Å²) in [7, 11) is 0. The Hall–Kier alpha value is -0.900. The average Bonchev–Trinajstić information content (AvgIpc) is 2.85. The van der Waals surface area contributed by atoms with Crippen LogP contribution < -0.4 is 5.32 Å². The molecule has 1 aliphatic rings. The summed E-state index contributed by atoms with van der Waals surface area (Å²) >= 11 is 0. The van der Waals surface area contributed by atoms with E-state index in [1.807, 2.05) is 0 Å². The zero-order valence-electron chi connectivity index (χ0n) is 9.42. The summed E-state index contributed by atoms with van der Waals surface area (Å²) in [6.07, 6.45) is 7.45. The molecule has 0 bridgehead atoms. The zero-order valence-corrected chi connectivity index (χ0v) is 9.42. The minimum absolute atomic E-state index is 0.699. The van der Waals surface area contributed by atoms with Gasteiger partial charge >= 0.3 is 0 Å². The van der Waals surface area contributed by atoms with Gasteiger partial charge in [0.2, 0.25) is 0 Å². The highest BCUT2D eigenvalue weighted by atomic mass is 15.2. The van der Waals surface area contributed by atoms with Gasteiger partial charge < -0.3 is 5.32 Å². The second-order valence-electron chi connectivity index (χ2n) is 4.31. The predicted molar refractivity (Wildman–Crippen MR) is 59.5 cm³/mol. The summed E-state index contributed by atoms with van der Waals surface area (Å²) in [6.45, 7) is 2.98. The third-order valence-electron chi connectivity index (χ3n) is 2.96. The van der Waals surface area contributed by atoms with Crippen molar-refractivity contribution in [2.75, 3.05) is 0 Å². The monoisotopic (exact) mass is 208 g/mol. The number of nitrogens with one attached hydrogen (secondary N) is 2. The summed E-state index contributed by atoms with van der Waals surface area (Å²) in [6, 6.07) is 0.699. The molecular formula is C11H20N4. The fraction of sp³-hybridized carbons (Fsp3) is 0.818. The van der Waals surface area contributed by atoms with Crippen LogP contribution in [0.4, 0.5) is 0 Å². The van der Waals surface area contributed by atoms with Crippen molar-refractivity contribution in [3.8, 4) is 0 Å². The van der Waals surface area contributed by atoms with E-state index in [1.54, 1.807) is 0 Å². The Labute approximate surface area is 90.9 Å². The van der Waals surface area contributed by atoms with Crippen molar-refractivity contribution >= 4 is 0 Å². The number of aromatic amines is 1. The molecule has 1 aliphatic carbocycles. The maximum Gasteiger partial charge on any atom is 0.150 e. The molecule has 15 heavy (non-hydrogen) atoms. The minimum atomic E-state index is 0.699. The summed E-state index contributed by atoms with van der Waals surface area (Å²) < 4.78 is 0. The quantitative estimate of drug-likeness (QED) is 0.775. The maximum absolute atomic E-state index is 4.43. The molecule has 0 aromatic carbocycles. The van der Waals surface area contributed by atoms with Gasteiger partial charge in [-0.15, -0.1) is 0 Å². The van der Waals surface area contributed by atoms with Crippen LogP contribution in [0.25, 0.3) is 0 Å². The van der Waals surface area contributed by atoms with E-state index in [0.717, 1.165) is 31.0 Å². The molecule has 2 N–H and O–H groups in total. The lowest BCUT2D eigenvalue weighted by atomic mass is 10.2. The van der Waals surface area contributed by atoms with Crippen molar-refractivity contribution in [2.45, 2.75) is 58.0 Å². The molecule has 1 saturated carbocycles. The van der Waals surface area contributed by atoms with E-state index in [1.165, 1.54) is 25.7 Å². The molecule has 0 atom stereocenters. The van der Waals surface area contributed by atoms with Crippen molar-refractivity contribution in [3.05, 3.63) is 11.6 Å². The van der Waals surface area contributed by atoms with Gasteiger partial charge in [0.25, 0.3) is 0 Å². The van der Waals surface area contributed by atoms with Gasteiger partial charge in [-0.3, -0.25) is 5.10 Å². The van der Waals surface area contributed by atoms with Crippen LogP contribution >= 0.6 is 0 Å². The molecule has 0 radical (unpaired) electrons. The van der Waals surface area contributed by atoms with Crippen molar-refractivity contribution in [2.24, 2.45) is 0 Å². The van der Waals surface area contributed by atoms with Crippen LogP contribution in [0.5, 0.6) is 0 Å². The molecule has 2 rings (SSSR count). The number of hydrogen-bond donors (Lipinski definition) is 2. The molecular weight excluding hydrogens is 188 g/mol. The number of aryl methyl sites for hydroxylation is 1. The van der Waals surface area contributed by atoms with Crippen LogP contribution in [0.1, 0.15) is 50.7 Å². The van der Waals surface area contributed by atoms with Gasteiger partial charge in [0.15, 0.2) is 5.82 Å². The topological polar surface area (TPSA) is 53.6 Å². The van der Waals surface area contributed by atoms with Gasteiger partial charge in [-0.25, -0.2) is 4.98 Å². The highest BCUT2D eigenvalue weighted by Gasteiger charge is 2.14. The van der Waals surface area contributed by atoms with E-state index in [-0.39, 0.29) is 0 Å². The molecule has 0 unspecified atom stereocenters. The number of rotatable bonds is 5. The fourth-order valence-electron chi connectivity index (χ4n) is 2.12. The fourth-order valence-corrected chi connectivity index (χ4v) is 2.12. The number of nitrogens with zero attached hydrogens (tertiary/aromatic N) is 2. The first-order valence-corrected chi connectivity index (χ1v) is 6.02. The lowest BCUT2D eigenvalue weighted by Gasteiger charge is -2.09. The van der Waals surface area contributed by atoms with Crippen LogP contribution in [0.2, 0.25) is 0 Å². The standard InChI is InChI=1S/C11H20N4/c1-2-5-10-13-11(15-14-10)8-12-9-6-3-4-7-9/h9,12H,2-8H2,1H3,(H,13,14,15). The van der Waals surface area contributed by atoms with Crippen molar-refractivity contribution in [1.82, 2.24) is 20.5 Å². The zero-order chi connectivity index (χ0) is 10.5. The Morgan fingerprint density at radius 1 is 1.40 bits per heavy atom. The first kappa shape index (κ1) is 10.6. The Morgan fingerprint density at radius 2 is 2.20 bits per heavy atom. The third kappa shape index (κ3) is 3.02. The Balaban J connectivity index is 1.77. The van der Waals surface area contributed by atoms with E-state index < -0.39 is 0 Å². The van der Waals surface area contributed by atoms with Gasteiger partial charge in [0, 0.05) is 12.5 Å². The van der Waals surface area contributed by atoms with Crippen LogP contribution in [0, 0.1) is 0 Å². The van der Waals surface area contributed by atoms with Gasteiger partial charge in [-0.2, -0.15) is 5.10 Å². The largest absolute Gasteiger partial charge is 0.307 e. The first-order valence-electron chi connectivity index (χ1n) is 6.02. The Bertz CT molecular complexity index is 289. The lowest BCUT2D eigenvalue weighted by Crippen LogP contribution is -2.25. The summed E-state index contributed by atoms with van der Waals surface area (Å²) in [5.41, 5.74) is 0. The molecule has 1 aromatic heterocycles. The molecule has 1 fully saturated rings. The molecule has 4 nitrogen and oxygen atoms in total. The normalized spacial score (nSPS) is 17.4. The number of H-pyrrole nitrogens is 1.